The van der Waals surface area contributed by atoms with Crippen LogP contribution in [0.1, 0.15) is 30.5 Å². The number of nitrogens with zero attached hydrogens (tertiary/aromatic N) is 2. The lowest BCUT2D eigenvalue weighted by molar-refractivity contribution is -0.140. The van der Waals surface area contributed by atoms with E-state index < -0.39 is 28.5 Å². The van der Waals surface area contributed by atoms with E-state index in [9.17, 15) is 18.0 Å². The summed E-state index contributed by atoms with van der Waals surface area (Å²) in [6.07, 6.45) is 0.167. The smallest absolute Gasteiger partial charge is 0.264 e. The molecule has 0 aliphatic heterocycles. The van der Waals surface area contributed by atoms with E-state index in [-0.39, 0.29) is 40.4 Å². The normalized spacial score (nSPS) is 12.0. The van der Waals surface area contributed by atoms with Gasteiger partial charge in [0.2, 0.25) is 11.8 Å². The number of halogens is 3. The first-order chi connectivity index (χ1) is 22.8. The Balaban J connectivity index is 1.84. The van der Waals surface area contributed by atoms with E-state index in [1.54, 1.807) is 30.3 Å². The van der Waals surface area contributed by atoms with Crippen LogP contribution in [-0.2, 0) is 32.6 Å². The largest absolute Gasteiger partial charge is 0.495 e. The van der Waals surface area contributed by atoms with Gasteiger partial charge < -0.3 is 15.0 Å². The Morgan fingerprint density at radius 3 is 2.17 bits per heavy atom. The van der Waals surface area contributed by atoms with Crippen molar-refractivity contribution < 1.29 is 22.7 Å². The summed E-state index contributed by atoms with van der Waals surface area (Å²) in [5.41, 5.74) is 2.35. The van der Waals surface area contributed by atoms with Crippen LogP contribution in [0.4, 0.5) is 5.69 Å². The van der Waals surface area contributed by atoms with Gasteiger partial charge in [0.05, 0.1) is 22.7 Å². The van der Waals surface area contributed by atoms with Crippen molar-refractivity contribution in [3.8, 4) is 5.75 Å². The molecule has 4 aromatic rings. The van der Waals surface area contributed by atoms with Gasteiger partial charge >= 0.3 is 0 Å². The number of methoxy groups -OCH3 is 1. The standard InChI is InChI=1S/C36H38Cl3N3O5S/c1-24(2)21-40-36(44)33(18-26-8-6-5-7-9-26)41(22-27-12-13-28(37)19-31(27)38)35(43)23-42(29-14-17-34(47-4)32(39)20-29)48(45,46)30-15-10-25(3)11-16-30/h5-17,19-20,24,33H,18,21-23H2,1-4H3,(H,40,44)/t33-/m1/s1. The quantitative estimate of drug-likeness (QED) is 0.144. The molecular weight excluding hydrogens is 693 g/mol. The number of hydrogen-bond donors (Lipinski definition) is 1. The Morgan fingerprint density at radius 1 is 0.875 bits per heavy atom. The molecule has 2 amide bonds. The van der Waals surface area contributed by atoms with Gasteiger partial charge in [-0.15, -0.1) is 0 Å². The van der Waals surface area contributed by atoms with Crippen LogP contribution >= 0.6 is 34.8 Å². The molecule has 1 atom stereocenters. The molecule has 4 aromatic carbocycles. The Bertz CT molecular complexity index is 1840. The number of ether oxygens (including phenoxy) is 1. The molecule has 0 aliphatic carbocycles. The number of sulfonamides is 1. The first-order valence-electron chi connectivity index (χ1n) is 15.3. The monoisotopic (exact) mass is 729 g/mol. The second-order valence-corrected chi connectivity index (χ2v) is 14.9. The summed E-state index contributed by atoms with van der Waals surface area (Å²) in [6.45, 7) is 5.42. The summed E-state index contributed by atoms with van der Waals surface area (Å²) < 4.78 is 34.8. The summed E-state index contributed by atoms with van der Waals surface area (Å²) in [4.78, 5) is 29.9. The predicted molar refractivity (Wildman–Crippen MR) is 193 cm³/mol. The van der Waals surface area contributed by atoms with Crippen molar-refractivity contribution in [2.75, 3.05) is 24.5 Å². The van der Waals surface area contributed by atoms with Gasteiger partial charge in [0, 0.05) is 29.6 Å². The molecule has 4 rings (SSSR count). The highest BCUT2D eigenvalue weighted by Crippen LogP contribution is 2.33. The first kappa shape index (κ1) is 37.1. The molecule has 0 fully saturated rings. The molecule has 0 heterocycles. The SMILES string of the molecule is COc1ccc(N(CC(=O)N(Cc2ccc(Cl)cc2Cl)[C@H](Cc2ccccc2)C(=O)NCC(C)C)S(=O)(=O)c2ccc(C)cc2)cc1Cl. The molecule has 48 heavy (non-hydrogen) atoms. The van der Waals surface area contributed by atoms with Gasteiger partial charge in [-0.2, -0.15) is 0 Å². The van der Waals surface area contributed by atoms with Crippen molar-refractivity contribution in [3.05, 3.63) is 123 Å². The number of aryl methyl sites for hydroxylation is 1. The number of rotatable bonds is 14. The number of carbonyl (C=O) groups is 2. The second-order valence-electron chi connectivity index (χ2n) is 11.7. The van der Waals surface area contributed by atoms with Crippen LogP contribution in [-0.4, -0.2) is 51.4 Å². The van der Waals surface area contributed by atoms with Crippen molar-refractivity contribution in [1.29, 1.82) is 0 Å². The summed E-state index contributed by atoms with van der Waals surface area (Å²) in [7, 11) is -2.86. The van der Waals surface area contributed by atoms with Gasteiger partial charge in [-0.05, 0) is 66.4 Å². The fraction of sp³-hybridized carbons (Fsp3) is 0.278. The van der Waals surface area contributed by atoms with Crippen molar-refractivity contribution in [1.82, 2.24) is 10.2 Å². The van der Waals surface area contributed by atoms with Crippen LogP contribution in [0.25, 0.3) is 0 Å². The van der Waals surface area contributed by atoms with E-state index in [2.05, 4.69) is 5.32 Å². The third-order valence-electron chi connectivity index (χ3n) is 7.62. The highest BCUT2D eigenvalue weighted by Gasteiger charge is 2.35. The average Bonchev–Trinajstić information content (AvgIpc) is 3.05. The molecule has 0 aromatic heterocycles. The maximum atomic E-state index is 14.6. The van der Waals surface area contributed by atoms with Crippen molar-refractivity contribution in [2.24, 2.45) is 5.92 Å². The van der Waals surface area contributed by atoms with Crippen molar-refractivity contribution in [2.45, 2.75) is 44.7 Å². The molecule has 1 N–H and O–H groups in total. The van der Waals surface area contributed by atoms with E-state index in [0.717, 1.165) is 15.4 Å². The number of hydrogen-bond acceptors (Lipinski definition) is 5. The van der Waals surface area contributed by atoms with Crippen LogP contribution in [0.5, 0.6) is 5.75 Å². The molecule has 8 nitrogen and oxygen atoms in total. The Kier molecular flexibility index (Phi) is 12.8. The third kappa shape index (κ3) is 9.44. The number of carbonyl (C=O) groups excluding carboxylic acids is 2. The predicted octanol–water partition coefficient (Wildman–Crippen LogP) is 7.57. The highest BCUT2D eigenvalue weighted by molar-refractivity contribution is 7.92. The van der Waals surface area contributed by atoms with Gasteiger partial charge in [0.25, 0.3) is 10.0 Å². The summed E-state index contributed by atoms with van der Waals surface area (Å²) in [5, 5.41) is 3.83. The number of nitrogens with one attached hydrogen (secondary N) is 1. The Morgan fingerprint density at radius 2 is 1.56 bits per heavy atom. The summed E-state index contributed by atoms with van der Waals surface area (Å²) >= 11 is 19.2. The van der Waals surface area contributed by atoms with Gasteiger partial charge in [-0.25, -0.2) is 8.42 Å². The topological polar surface area (TPSA) is 96.0 Å². The molecule has 254 valence electrons. The minimum Gasteiger partial charge on any atom is -0.495 e. The van der Waals surface area contributed by atoms with E-state index in [1.807, 2.05) is 51.1 Å². The zero-order valence-electron chi connectivity index (χ0n) is 27.1. The molecule has 0 aliphatic rings. The van der Waals surface area contributed by atoms with Crippen LogP contribution < -0.4 is 14.4 Å². The molecule has 0 saturated carbocycles. The lowest BCUT2D eigenvalue weighted by Gasteiger charge is -2.34. The van der Waals surface area contributed by atoms with Crippen LogP contribution in [0.3, 0.4) is 0 Å². The minimum absolute atomic E-state index is 0.0179. The maximum Gasteiger partial charge on any atom is 0.264 e. The fourth-order valence-corrected chi connectivity index (χ4v) is 7.11. The van der Waals surface area contributed by atoms with E-state index >= 15 is 0 Å². The second kappa shape index (κ2) is 16.6. The van der Waals surface area contributed by atoms with Gasteiger partial charge in [-0.1, -0.05) is 103 Å². The Hall–Kier alpha value is -3.76. The molecule has 0 spiro atoms. The number of anilines is 1. The summed E-state index contributed by atoms with van der Waals surface area (Å²) in [5.74, 6) is -0.532. The van der Waals surface area contributed by atoms with Crippen LogP contribution in [0.15, 0.2) is 95.9 Å². The molecule has 0 unspecified atom stereocenters. The summed E-state index contributed by atoms with van der Waals surface area (Å²) in [6, 6.07) is 24.0. The fourth-order valence-electron chi connectivity index (χ4n) is 4.99. The molecule has 0 saturated heterocycles. The van der Waals surface area contributed by atoms with Gasteiger partial charge in [0.15, 0.2) is 0 Å². The third-order valence-corrected chi connectivity index (χ3v) is 10.3. The molecular formula is C36H38Cl3N3O5S. The highest BCUT2D eigenvalue weighted by atomic mass is 35.5. The molecule has 0 bridgehead atoms. The van der Waals surface area contributed by atoms with Gasteiger partial charge in [0.1, 0.15) is 18.3 Å². The Labute approximate surface area is 297 Å². The van der Waals surface area contributed by atoms with Crippen LogP contribution in [0.2, 0.25) is 15.1 Å². The van der Waals surface area contributed by atoms with Crippen molar-refractivity contribution in [3.63, 3.8) is 0 Å². The van der Waals surface area contributed by atoms with E-state index in [4.69, 9.17) is 39.5 Å². The zero-order valence-corrected chi connectivity index (χ0v) is 30.2. The zero-order chi connectivity index (χ0) is 35.0. The maximum absolute atomic E-state index is 14.6. The van der Waals surface area contributed by atoms with Crippen molar-refractivity contribution >= 4 is 62.3 Å². The average molecular weight is 731 g/mol. The lowest BCUT2D eigenvalue weighted by atomic mass is 10.0. The number of amides is 2. The molecule has 12 heteroatoms. The van der Waals surface area contributed by atoms with E-state index in [1.165, 1.54) is 42.3 Å². The number of benzene rings is 4. The van der Waals surface area contributed by atoms with Crippen LogP contribution in [0, 0.1) is 12.8 Å². The molecule has 0 radical (unpaired) electrons. The minimum atomic E-state index is -4.31. The van der Waals surface area contributed by atoms with Gasteiger partial charge in [-0.3, -0.25) is 13.9 Å². The first-order valence-corrected chi connectivity index (χ1v) is 17.9. The van der Waals surface area contributed by atoms with E-state index in [0.29, 0.717) is 27.9 Å². The lowest BCUT2D eigenvalue weighted by Crippen LogP contribution is -2.53.